The zero-order valence-corrected chi connectivity index (χ0v) is 24.3. The number of rotatable bonds is 6. The molecular weight excluding hydrogens is 536 g/mol. The van der Waals surface area contributed by atoms with Gasteiger partial charge in [-0.2, -0.15) is 0 Å². The van der Waals surface area contributed by atoms with Crippen molar-refractivity contribution in [2.24, 2.45) is 52.3 Å². The second-order valence-electron chi connectivity index (χ2n) is 14.6. The Balaban J connectivity index is 1.53. The van der Waals surface area contributed by atoms with Crippen LogP contribution in [-0.4, -0.2) is 107 Å². The number of carboxylic acids is 1. The molecule has 0 aromatic carbocycles. The predicted octanol–water partition coefficient (Wildman–Crippen LogP) is -0.163. The highest BCUT2D eigenvalue weighted by atomic mass is 16.7. The fraction of sp³-hybridized carbons (Fsp3) is 0.967. The van der Waals surface area contributed by atoms with Gasteiger partial charge in [0.05, 0.1) is 24.9 Å². The minimum atomic E-state index is -2.40. The third-order valence-corrected chi connectivity index (χ3v) is 13.0. The van der Waals surface area contributed by atoms with E-state index in [9.17, 15) is 50.8 Å². The van der Waals surface area contributed by atoms with E-state index in [-0.39, 0.29) is 48.3 Å². The van der Waals surface area contributed by atoms with Crippen LogP contribution in [-0.2, 0) is 9.53 Å². The molecule has 0 radical (unpaired) electrons. The Bertz CT molecular complexity index is 978. The van der Waals surface area contributed by atoms with E-state index in [1.54, 1.807) is 0 Å². The zero-order chi connectivity index (χ0) is 30.2. The number of aliphatic hydroxyl groups excluding tert-OH is 7. The van der Waals surface area contributed by atoms with E-state index < -0.39 is 77.8 Å². The van der Waals surface area contributed by atoms with E-state index >= 15 is 0 Å². The van der Waals surface area contributed by atoms with Crippen LogP contribution in [0.15, 0.2) is 0 Å². The first-order valence-electron chi connectivity index (χ1n) is 15.4. The molecule has 236 valence electrons. The summed E-state index contributed by atoms with van der Waals surface area (Å²) in [4.78, 5) is 11.3. The third-order valence-electron chi connectivity index (χ3n) is 13.0. The van der Waals surface area contributed by atoms with Gasteiger partial charge in [-0.15, -0.1) is 0 Å². The largest absolute Gasteiger partial charge is 0.481 e. The monoisotopic (exact) mass is 586 g/mol. The van der Waals surface area contributed by atoms with Crippen LogP contribution < -0.4 is 0 Å². The van der Waals surface area contributed by atoms with Crippen molar-refractivity contribution in [2.75, 3.05) is 6.61 Å². The van der Waals surface area contributed by atoms with Gasteiger partial charge in [-0.1, -0.05) is 20.8 Å². The Labute approximate surface area is 241 Å². The van der Waals surface area contributed by atoms with E-state index in [4.69, 9.17) is 4.74 Å². The van der Waals surface area contributed by atoms with Crippen LogP contribution in [0, 0.1) is 52.3 Å². The summed E-state index contributed by atoms with van der Waals surface area (Å²) in [5, 5.41) is 97.7. The molecule has 0 aromatic rings. The highest BCUT2D eigenvalue weighted by Crippen LogP contribution is 2.70. The Hall–Kier alpha value is -0.890. The van der Waals surface area contributed by atoms with Gasteiger partial charge in [-0.25, -0.2) is 0 Å². The quantitative estimate of drug-likeness (QED) is 0.200. The normalized spacial score (nSPS) is 55.9. The average molecular weight is 587 g/mol. The van der Waals surface area contributed by atoms with Crippen molar-refractivity contribution in [1.82, 2.24) is 0 Å². The molecule has 0 spiro atoms. The number of carbonyl (C=O) groups is 1. The Kier molecular flexibility index (Phi) is 8.40. The predicted molar refractivity (Wildman–Crippen MR) is 144 cm³/mol. The van der Waals surface area contributed by atoms with Crippen LogP contribution in [0.5, 0.6) is 0 Å². The van der Waals surface area contributed by atoms with E-state index in [1.165, 1.54) is 0 Å². The molecule has 5 fully saturated rings. The lowest BCUT2D eigenvalue weighted by Crippen LogP contribution is -2.73. The second kappa shape index (κ2) is 10.9. The molecule has 5 rings (SSSR count). The molecule has 4 aliphatic carbocycles. The lowest BCUT2D eigenvalue weighted by molar-refractivity contribution is -0.394. The highest BCUT2D eigenvalue weighted by Gasteiger charge is 2.71. The molecule has 11 nitrogen and oxygen atoms in total. The fourth-order valence-corrected chi connectivity index (χ4v) is 10.9. The zero-order valence-electron chi connectivity index (χ0n) is 24.3. The van der Waals surface area contributed by atoms with E-state index in [0.717, 1.165) is 12.8 Å². The molecule has 1 saturated heterocycles. The van der Waals surface area contributed by atoms with E-state index in [1.807, 2.05) is 13.8 Å². The molecule has 0 amide bonds. The molecule has 11 heteroatoms. The molecule has 1 heterocycles. The maximum absolute atomic E-state index is 12.0. The number of aliphatic hydroxyl groups is 8. The average Bonchev–Trinajstić information content (AvgIpc) is 3.27. The molecule has 9 N–H and O–H groups in total. The molecule has 0 aromatic heterocycles. The number of carboxylic acid groups (broad SMARTS) is 1. The van der Waals surface area contributed by atoms with Crippen molar-refractivity contribution >= 4 is 5.97 Å². The third kappa shape index (κ3) is 4.61. The smallest absolute Gasteiger partial charge is 0.303 e. The molecule has 1 aliphatic heterocycles. The molecule has 4 saturated carbocycles. The molecule has 5 aliphatic rings. The van der Waals surface area contributed by atoms with Crippen LogP contribution in [0.25, 0.3) is 0 Å². The lowest BCUT2D eigenvalue weighted by Gasteiger charge is -2.67. The minimum absolute atomic E-state index is 0.0354. The standard InChI is InChI=1S/C30H50O11/c1-13(4-7-23(35)36)16-5-6-17-24-18(11-22(34)29(16,17)3)28(2)14(9-19(24)33)8-15(32)10-21(28)30(40)27(39)26(38)25(37)20(12-31)41-30/h13-22,24-27,31-34,37-40H,4-12H2,1-3H3,(H,35,36)/t13?,14?,15?,16?,17?,18?,19?,20-,21?,22?,24?,25-,26+,27-,28?,29?,30?/m1/s1. The van der Waals surface area contributed by atoms with Gasteiger partial charge in [0, 0.05) is 12.3 Å². The van der Waals surface area contributed by atoms with Gasteiger partial charge in [0.2, 0.25) is 0 Å². The molecule has 0 bridgehead atoms. The van der Waals surface area contributed by atoms with E-state index in [2.05, 4.69) is 6.92 Å². The number of fused-ring (bicyclic) bond motifs is 5. The summed E-state index contributed by atoms with van der Waals surface area (Å²) in [5.74, 6) is -4.92. The lowest BCUT2D eigenvalue weighted by atomic mass is 9.40. The maximum atomic E-state index is 12.0. The summed E-state index contributed by atoms with van der Waals surface area (Å²) in [6, 6.07) is 0. The topological polar surface area (TPSA) is 208 Å². The van der Waals surface area contributed by atoms with Gasteiger partial charge in [-0.3, -0.25) is 4.79 Å². The van der Waals surface area contributed by atoms with Crippen molar-refractivity contribution in [3.05, 3.63) is 0 Å². The highest BCUT2D eigenvalue weighted by molar-refractivity contribution is 5.66. The Morgan fingerprint density at radius 2 is 1.61 bits per heavy atom. The Morgan fingerprint density at radius 1 is 0.927 bits per heavy atom. The summed E-state index contributed by atoms with van der Waals surface area (Å²) >= 11 is 0. The van der Waals surface area contributed by atoms with Crippen molar-refractivity contribution < 1.29 is 55.5 Å². The first-order chi connectivity index (χ1) is 19.1. The molecule has 41 heavy (non-hydrogen) atoms. The summed E-state index contributed by atoms with van der Waals surface area (Å²) in [5.41, 5.74) is -1.37. The minimum Gasteiger partial charge on any atom is -0.481 e. The molecule has 13 unspecified atom stereocenters. The van der Waals surface area contributed by atoms with Crippen molar-refractivity contribution in [3.8, 4) is 0 Å². The van der Waals surface area contributed by atoms with Gasteiger partial charge in [0.1, 0.15) is 24.4 Å². The first kappa shape index (κ1) is 31.5. The van der Waals surface area contributed by atoms with Crippen molar-refractivity contribution in [2.45, 2.75) is 121 Å². The summed E-state index contributed by atoms with van der Waals surface area (Å²) in [6.07, 6.45) is -5.81. The number of ether oxygens (including phenoxy) is 1. The van der Waals surface area contributed by atoms with Crippen LogP contribution in [0.3, 0.4) is 0 Å². The summed E-state index contributed by atoms with van der Waals surface area (Å²) in [7, 11) is 0. The van der Waals surface area contributed by atoms with Crippen molar-refractivity contribution in [1.29, 1.82) is 0 Å². The summed E-state index contributed by atoms with van der Waals surface area (Å²) < 4.78 is 5.82. The van der Waals surface area contributed by atoms with Gasteiger partial charge >= 0.3 is 5.97 Å². The van der Waals surface area contributed by atoms with Crippen LogP contribution in [0.2, 0.25) is 0 Å². The fourth-order valence-electron chi connectivity index (χ4n) is 10.9. The molecular formula is C30H50O11. The van der Waals surface area contributed by atoms with E-state index in [0.29, 0.717) is 25.7 Å². The van der Waals surface area contributed by atoms with Crippen molar-refractivity contribution in [3.63, 3.8) is 0 Å². The number of aliphatic carboxylic acids is 1. The Morgan fingerprint density at radius 3 is 2.24 bits per heavy atom. The number of hydrogen-bond donors (Lipinski definition) is 9. The first-order valence-corrected chi connectivity index (χ1v) is 15.4. The van der Waals surface area contributed by atoms with Crippen LogP contribution in [0.4, 0.5) is 0 Å². The van der Waals surface area contributed by atoms with Crippen LogP contribution in [0.1, 0.15) is 72.1 Å². The van der Waals surface area contributed by atoms with Gasteiger partial charge in [0.25, 0.3) is 0 Å². The van der Waals surface area contributed by atoms with Gasteiger partial charge in [0.15, 0.2) is 5.79 Å². The van der Waals surface area contributed by atoms with Gasteiger partial charge < -0.3 is 50.7 Å². The van der Waals surface area contributed by atoms with Crippen LogP contribution >= 0.6 is 0 Å². The second-order valence-corrected chi connectivity index (χ2v) is 14.6. The molecule has 17 atom stereocenters. The SMILES string of the molecule is CC(CCC(=O)O)C1CCC2C3C(O)CC4CC(O)CC(C5(O)O[C@H](CO)[C@@H](O)[C@H](O)[C@H]5O)C4(C)C3CC(O)C12C. The van der Waals surface area contributed by atoms with Gasteiger partial charge in [-0.05, 0) is 91.3 Å². The summed E-state index contributed by atoms with van der Waals surface area (Å²) in [6.45, 7) is 5.38. The maximum Gasteiger partial charge on any atom is 0.303 e. The number of hydrogen-bond acceptors (Lipinski definition) is 10.